The second kappa shape index (κ2) is 6.99. The Bertz CT molecular complexity index is 818. The van der Waals surface area contributed by atoms with E-state index in [1.165, 1.54) is 0 Å². The molecule has 118 valence electrons. The Morgan fingerprint density at radius 2 is 2.13 bits per heavy atom. The predicted molar refractivity (Wildman–Crippen MR) is 91.6 cm³/mol. The predicted octanol–water partition coefficient (Wildman–Crippen LogP) is 3.96. The number of carbonyl (C=O) groups is 1. The molecule has 0 radical (unpaired) electrons. The molecule has 0 atom stereocenters. The van der Waals surface area contributed by atoms with Crippen LogP contribution in [0.15, 0.2) is 41.2 Å². The van der Waals surface area contributed by atoms with Crippen molar-refractivity contribution >= 4 is 46.3 Å². The van der Waals surface area contributed by atoms with Gasteiger partial charge in [0.15, 0.2) is 0 Å². The first-order valence-electron chi connectivity index (χ1n) is 6.55. The molecule has 3 rings (SSSR count). The molecule has 3 aromatic rings. The highest BCUT2D eigenvalue weighted by atomic mass is 35.5. The summed E-state index contributed by atoms with van der Waals surface area (Å²) in [4.78, 5) is 11.9. The number of rotatable bonds is 4. The van der Waals surface area contributed by atoms with E-state index in [-0.39, 0.29) is 12.6 Å². The van der Waals surface area contributed by atoms with Gasteiger partial charge in [0.25, 0.3) is 0 Å². The molecule has 0 aliphatic heterocycles. The average Bonchev–Trinajstić information content (AvgIpc) is 3.19. The molecule has 2 N–H and O–H groups in total. The van der Waals surface area contributed by atoms with Crippen molar-refractivity contribution in [1.82, 2.24) is 20.3 Å². The number of anilines is 1. The van der Waals surface area contributed by atoms with Crippen molar-refractivity contribution in [3.05, 3.63) is 57.0 Å². The number of halogens is 2. The van der Waals surface area contributed by atoms with Crippen LogP contribution >= 0.6 is 34.5 Å². The van der Waals surface area contributed by atoms with Crippen LogP contribution < -0.4 is 10.6 Å². The Kier molecular flexibility index (Phi) is 4.80. The molecule has 1 aromatic carbocycles. The van der Waals surface area contributed by atoms with Gasteiger partial charge in [0.2, 0.25) is 0 Å². The largest absolute Gasteiger partial charge is 0.332 e. The molecule has 6 nitrogen and oxygen atoms in total. The highest BCUT2D eigenvalue weighted by molar-refractivity contribution is 7.08. The highest BCUT2D eigenvalue weighted by Gasteiger charge is 2.07. The van der Waals surface area contributed by atoms with Gasteiger partial charge >= 0.3 is 6.03 Å². The molecule has 0 unspecified atom stereocenters. The molecule has 0 saturated heterocycles. The molecule has 2 amide bonds. The van der Waals surface area contributed by atoms with Gasteiger partial charge in [-0.25, -0.2) is 9.48 Å². The minimum Gasteiger partial charge on any atom is -0.332 e. The van der Waals surface area contributed by atoms with E-state index in [0.29, 0.717) is 21.4 Å². The van der Waals surface area contributed by atoms with Crippen molar-refractivity contribution in [2.24, 2.45) is 0 Å². The number of aromatic nitrogens is 3. The molecule has 0 spiro atoms. The third kappa shape index (κ3) is 4.01. The van der Waals surface area contributed by atoms with Crippen LogP contribution in [0, 0.1) is 0 Å². The number of amides is 2. The summed E-state index contributed by atoms with van der Waals surface area (Å²) < 4.78 is 1.66. The molecule has 2 heterocycles. The lowest BCUT2D eigenvalue weighted by Gasteiger charge is -2.07. The molecular formula is C14H11Cl2N5OS. The van der Waals surface area contributed by atoms with Gasteiger partial charge in [0.05, 0.1) is 28.5 Å². The summed E-state index contributed by atoms with van der Waals surface area (Å²) in [6.07, 6.45) is 1.77. The number of nitrogens with one attached hydrogen (secondary N) is 2. The monoisotopic (exact) mass is 367 g/mol. The quantitative estimate of drug-likeness (QED) is 0.732. The Balaban J connectivity index is 1.55. The van der Waals surface area contributed by atoms with Gasteiger partial charge in [-0.05, 0) is 29.6 Å². The van der Waals surface area contributed by atoms with Crippen LogP contribution in [0.2, 0.25) is 10.0 Å². The molecule has 23 heavy (non-hydrogen) atoms. The van der Waals surface area contributed by atoms with Crippen molar-refractivity contribution in [1.29, 1.82) is 0 Å². The zero-order valence-electron chi connectivity index (χ0n) is 11.7. The molecular weight excluding hydrogens is 357 g/mol. The fourth-order valence-corrected chi connectivity index (χ4v) is 2.73. The maximum absolute atomic E-state index is 11.9. The van der Waals surface area contributed by atoms with Crippen molar-refractivity contribution in [2.45, 2.75) is 6.54 Å². The Hall–Kier alpha value is -2.09. The number of thiophene rings is 1. The number of carbonyl (C=O) groups excluding carboxylic acids is 1. The first kappa shape index (κ1) is 15.8. The van der Waals surface area contributed by atoms with E-state index in [1.54, 1.807) is 40.4 Å². The first-order chi connectivity index (χ1) is 11.1. The van der Waals surface area contributed by atoms with Gasteiger partial charge in [0.1, 0.15) is 5.69 Å². The van der Waals surface area contributed by atoms with Gasteiger partial charge < -0.3 is 10.6 Å². The maximum atomic E-state index is 11.9. The molecule has 0 aliphatic rings. The fourth-order valence-electron chi connectivity index (χ4n) is 1.81. The zero-order valence-corrected chi connectivity index (χ0v) is 14.0. The SMILES string of the molecule is O=C(NCc1cn(-c2ccsc2)nn1)Nc1ccc(Cl)c(Cl)c1. The van der Waals surface area contributed by atoms with Crippen LogP contribution in [-0.4, -0.2) is 21.0 Å². The Labute approximate surface area is 146 Å². The highest BCUT2D eigenvalue weighted by Crippen LogP contribution is 2.24. The van der Waals surface area contributed by atoms with Crippen LogP contribution in [-0.2, 0) is 6.54 Å². The van der Waals surface area contributed by atoms with Gasteiger partial charge in [0, 0.05) is 11.1 Å². The van der Waals surface area contributed by atoms with E-state index < -0.39 is 0 Å². The lowest BCUT2D eigenvalue weighted by molar-refractivity contribution is 0.251. The molecule has 0 aliphatic carbocycles. The average molecular weight is 368 g/mol. The number of benzene rings is 1. The summed E-state index contributed by atoms with van der Waals surface area (Å²) in [5.41, 5.74) is 2.15. The van der Waals surface area contributed by atoms with E-state index in [0.717, 1.165) is 5.69 Å². The summed E-state index contributed by atoms with van der Waals surface area (Å²) in [6.45, 7) is 0.261. The van der Waals surface area contributed by atoms with Gasteiger partial charge in [-0.1, -0.05) is 28.4 Å². The van der Waals surface area contributed by atoms with Crippen LogP contribution in [0.25, 0.3) is 5.69 Å². The Morgan fingerprint density at radius 1 is 1.26 bits per heavy atom. The minimum atomic E-state index is -0.367. The van der Waals surface area contributed by atoms with Crippen LogP contribution in [0.3, 0.4) is 0 Å². The Morgan fingerprint density at radius 3 is 2.87 bits per heavy atom. The second-order valence-corrected chi connectivity index (χ2v) is 6.17. The smallest absolute Gasteiger partial charge is 0.319 e. The summed E-state index contributed by atoms with van der Waals surface area (Å²) in [7, 11) is 0. The molecule has 0 saturated carbocycles. The second-order valence-electron chi connectivity index (χ2n) is 4.57. The van der Waals surface area contributed by atoms with E-state index >= 15 is 0 Å². The van der Waals surface area contributed by atoms with E-state index in [2.05, 4.69) is 20.9 Å². The maximum Gasteiger partial charge on any atom is 0.319 e. The van der Waals surface area contributed by atoms with Crippen LogP contribution in [0.5, 0.6) is 0 Å². The minimum absolute atomic E-state index is 0.261. The van der Waals surface area contributed by atoms with E-state index in [9.17, 15) is 4.79 Å². The van der Waals surface area contributed by atoms with E-state index in [4.69, 9.17) is 23.2 Å². The topological polar surface area (TPSA) is 71.8 Å². The molecule has 0 fully saturated rings. The van der Waals surface area contributed by atoms with Crippen molar-refractivity contribution in [2.75, 3.05) is 5.32 Å². The third-order valence-electron chi connectivity index (χ3n) is 2.92. The summed E-state index contributed by atoms with van der Waals surface area (Å²) in [5, 5.41) is 18.1. The zero-order chi connectivity index (χ0) is 16.2. The van der Waals surface area contributed by atoms with Gasteiger partial charge in [-0.15, -0.1) is 5.10 Å². The lowest BCUT2D eigenvalue weighted by atomic mass is 10.3. The van der Waals surface area contributed by atoms with Crippen molar-refractivity contribution in [3.8, 4) is 5.69 Å². The summed E-state index contributed by atoms with van der Waals surface area (Å²) in [5.74, 6) is 0. The number of hydrogen-bond acceptors (Lipinski definition) is 4. The fraction of sp³-hybridized carbons (Fsp3) is 0.0714. The van der Waals surface area contributed by atoms with Gasteiger partial charge in [-0.3, -0.25) is 0 Å². The van der Waals surface area contributed by atoms with Crippen molar-refractivity contribution < 1.29 is 4.79 Å². The molecule has 9 heteroatoms. The third-order valence-corrected chi connectivity index (χ3v) is 4.33. The number of nitrogens with zero attached hydrogens (tertiary/aromatic N) is 3. The molecule has 0 bridgehead atoms. The van der Waals surface area contributed by atoms with Gasteiger partial charge in [-0.2, -0.15) is 11.3 Å². The van der Waals surface area contributed by atoms with Crippen molar-refractivity contribution in [3.63, 3.8) is 0 Å². The summed E-state index contributed by atoms with van der Waals surface area (Å²) >= 11 is 13.3. The summed E-state index contributed by atoms with van der Waals surface area (Å²) in [6, 6.07) is 6.43. The van der Waals surface area contributed by atoms with Crippen LogP contribution in [0.4, 0.5) is 10.5 Å². The normalized spacial score (nSPS) is 10.5. The molecule has 2 aromatic heterocycles. The van der Waals surface area contributed by atoms with Crippen LogP contribution in [0.1, 0.15) is 5.69 Å². The lowest BCUT2D eigenvalue weighted by Crippen LogP contribution is -2.28. The standard InChI is InChI=1S/C14H11Cl2N5OS/c15-12-2-1-9(5-13(12)16)18-14(22)17-6-10-7-21(20-19-10)11-3-4-23-8-11/h1-5,7-8H,6H2,(H2,17,18,22). The number of hydrogen-bond donors (Lipinski definition) is 2. The van der Waals surface area contributed by atoms with E-state index in [1.807, 2.05) is 16.8 Å². The number of urea groups is 1. The first-order valence-corrected chi connectivity index (χ1v) is 8.25.